The molecule has 0 amide bonds. The van der Waals surface area contributed by atoms with Gasteiger partial charge >= 0.3 is 0 Å². The number of hydrogen-bond donors (Lipinski definition) is 2. The van der Waals surface area contributed by atoms with Gasteiger partial charge in [-0.25, -0.2) is 4.99 Å². The van der Waals surface area contributed by atoms with Crippen LogP contribution in [0.5, 0.6) is 5.75 Å². The Balaban J connectivity index is 2.01. The molecule has 0 spiro atoms. The monoisotopic (exact) mass is 320 g/mol. The molecule has 2 heterocycles. The topological polar surface area (TPSA) is 87.2 Å². The van der Waals surface area contributed by atoms with Gasteiger partial charge in [-0.1, -0.05) is 18.2 Å². The lowest BCUT2D eigenvalue weighted by atomic mass is 9.96. The van der Waals surface area contributed by atoms with Crippen LogP contribution in [0.1, 0.15) is 25.8 Å². The van der Waals surface area contributed by atoms with E-state index in [1.165, 1.54) is 0 Å². The SMILES string of the molecule is CC(C)(N)Cc1c[nH]c2c(OC3=C(C#N)C=CCC=N3)cccc12. The maximum atomic E-state index is 9.27. The molecule has 0 unspecified atom stereocenters. The van der Waals surface area contributed by atoms with Crippen LogP contribution in [0.2, 0.25) is 0 Å². The van der Waals surface area contributed by atoms with Crippen molar-refractivity contribution in [2.75, 3.05) is 0 Å². The predicted octanol–water partition coefficient (Wildman–Crippen LogP) is 3.59. The van der Waals surface area contributed by atoms with Crippen LogP contribution in [0.4, 0.5) is 0 Å². The van der Waals surface area contributed by atoms with E-state index in [-0.39, 0.29) is 5.54 Å². The molecule has 3 N–H and O–H groups in total. The van der Waals surface area contributed by atoms with Crippen molar-refractivity contribution in [3.63, 3.8) is 0 Å². The summed E-state index contributed by atoms with van der Waals surface area (Å²) in [5.74, 6) is 0.956. The molecule has 0 saturated heterocycles. The molecule has 122 valence electrons. The molecule has 5 heteroatoms. The molecule has 1 aromatic carbocycles. The maximum Gasteiger partial charge on any atom is 0.237 e. The number of H-pyrrole nitrogens is 1. The molecule has 3 rings (SSSR count). The first kappa shape index (κ1) is 16.0. The molecule has 24 heavy (non-hydrogen) atoms. The predicted molar refractivity (Wildman–Crippen MR) is 95.8 cm³/mol. The van der Waals surface area contributed by atoms with Gasteiger partial charge < -0.3 is 15.5 Å². The van der Waals surface area contributed by atoms with Crippen molar-refractivity contribution in [2.45, 2.75) is 32.2 Å². The highest BCUT2D eigenvalue weighted by molar-refractivity contribution is 5.88. The van der Waals surface area contributed by atoms with Crippen LogP contribution in [0.25, 0.3) is 10.9 Å². The van der Waals surface area contributed by atoms with Gasteiger partial charge in [-0.3, -0.25) is 0 Å². The van der Waals surface area contributed by atoms with Crippen molar-refractivity contribution < 1.29 is 4.74 Å². The van der Waals surface area contributed by atoms with E-state index < -0.39 is 0 Å². The largest absolute Gasteiger partial charge is 0.435 e. The highest BCUT2D eigenvalue weighted by atomic mass is 16.5. The molecule has 0 saturated carbocycles. The molecule has 1 aromatic heterocycles. The second-order valence-corrected chi connectivity index (χ2v) is 6.54. The van der Waals surface area contributed by atoms with Gasteiger partial charge in [-0.15, -0.1) is 0 Å². The molecule has 1 aliphatic heterocycles. The lowest BCUT2D eigenvalue weighted by Crippen LogP contribution is -2.34. The molecule has 2 aromatic rings. The van der Waals surface area contributed by atoms with E-state index in [2.05, 4.69) is 16.0 Å². The fourth-order valence-electron chi connectivity index (χ4n) is 2.70. The van der Waals surface area contributed by atoms with Crippen LogP contribution in [0.15, 0.2) is 53.0 Å². The van der Waals surface area contributed by atoms with Gasteiger partial charge in [0, 0.05) is 29.8 Å². The number of nitrogens with one attached hydrogen (secondary N) is 1. The molecule has 1 aliphatic rings. The van der Waals surface area contributed by atoms with Crippen LogP contribution in [-0.4, -0.2) is 16.7 Å². The van der Waals surface area contributed by atoms with Crippen LogP contribution in [0, 0.1) is 11.3 Å². The molecule has 0 fully saturated rings. The maximum absolute atomic E-state index is 9.27. The van der Waals surface area contributed by atoms with Crippen LogP contribution >= 0.6 is 0 Å². The van der Waals surface area contributed by atoms with Gasteiger partial charge in [-0.2, -0.15) is 5.26 Å². The lowest BCUT2D eigenvalue weighted by molar-refractivity contribution is 0.423. The summed E-state index contributed by atoms with van der Waals surface area (Å²) >= 11 is 0. The average molecular weight is 320 g/mol. The first-order valence-electron chi connectivity index (χ1n) is 7.87. The Morgan fingerprint density at radius 3 is 3.00 bits per heavy atom. The van der Waals surface area contributed by atoms with Gasteiger partial charge in [0.2, 0.25) is 5.88 Å². The summed E-state index contributed by atoms with van der Waals surface area (Å²) in [6.07, 6.45) is 8.74. The van der Waals surface area contributed by atoms with Gasteiger partial charge in [0.05, 0.1) is 5.52 Å². The summed E-state index contributed by atoms with van der Waals surface area (Å²) in [6, 6.07) is 7.96. The molecule has 0 atom stereocenters. The minimum absolute atomic E-state index is 0.293. The van der Waals surface area contributed by atoms with Crippen LogP contribution in [0.3, 0.4) is 0 Å². The number of ether oxygens (including phenoxy) is 1. The standard InChI is InChI=1S/C19H20N4O/c1-19(2,21)10-14-12-23-17-15(14)7-5-8-16(17)24-18-13(11-20)6-3-4-9-22-18/h3,5-9,12,23H,4,10,21H2,1-2H3. The third-order valence-electron chi connectivity index (χ3n) is 3.70. The fraction of sp³-hybridized carbons (Fsp3) is 0.263. The minimum Gasteiger partial charge on any atom is -0.435 e. The van der Waals surface area contributed by atoms with E-state index in [0.717, 1.165) is 22.9 Å². The molecular weight excluding hydrogens is 300 g/mol. The van der Waals surface area contributed by atoms with Gasteiger partial charge in [0.1, 0.15) is 11.6 Å². The number of aromatic amines is 1. The Kier molecular flexibility index (Phi) is 4.24. The number of nitrogens with zero attached hydrogens (tertiary/aromatic N) is 2. The number of nitriles is 1. The first-order valence-corrected chi connectivity index (χ1v) is 7.87. The summed E-state index contributed by atoms with van der Waals surface area (Å²) in [7, 11) is 0. The highest BCUT2D eigenvalue weighted by Gasteiger charge is 2.17. The zero-order valence-corrected chi connectivity index (χ0v) is 13.8. The van der Waals surface area contributed by atoms with Crippen molar-refractivity contribution >= 4 is 17.1 Å². The Hall–Kier alpha value is -2.84. The zero-order chi connectivity index (χ0) is 17.2. The van der Waals surface area contributed by atoms with E-state index in [0.29, 0.717) is 23.6 Å². The zero-order valence-electron chi connectivity index (χ0n) is 13.8. The number of allylic oxidation sites excluding steroid dienone is 3. The number of para-hydroxylation sites is 1. The number of benzene rings is 1. The smallest absolute Gasteiger partial charge is 0.237 e. The van der Waals surface area contributed by atoms with Crippen LogP contribution in [-0.2, 0) is 6.42 Å². The quantitative estimate of drug-likeness (QED) is 0.902. The van der Waals surface area contributed by atoms with E-state index in [4.69, 9.17) is 10.5 Å². The molecule has 0 aliphatic carbocycles. The Morgan fingerprint density at radius 1 is 1.42 bits per heavy atom. The van der Waals surface area contributed by atoms with Crippen molar-refractivity contribution in [1.29, 1.82) is 5.26 Å². The summed E-state index contributed by atoms with van der Waals surface area (Å²) in [6.45, 7) is 4.01. The minimum atomic E-state index is -0.293. The second-order valence-electron chi connectivity index (χ2n) is 6.54. The van der Waals surface area contributed by atoms with Gasteiger partial charge in [0.25, 0.3) is 0 Å². The molecular formula is C19H20N4O. The Morgan fingerprint density at radius 2 is 2.25 bits per heavy atom. The fourth-order valence-corrected chi connectivity index (χ4v) is 2.70. The van der Waals surface area contributed by atoms with Crippen molar-refractivity contribution in [3.8, 4) is 11.8 Å². The first-order chi connectivity index (χ1) is 11.5. The van der Waals surface area contributed by atoms with E-state index in [1.807, 2.05) is 44.3 Å². The van der Waals surface area contributed by atoms with Crippen LogP contribution < -0.4 is 10.5 Å². The molecule has 0 bridgehead atoms. The number of nitrogens with two attached hydrogens (primary N) is 1. The van der Waals surface area contributed by atoms with E-state index >= 15 is 0 Å². The summed E-state index contributed by atoms with van der Waals surface area (Å²) in [5, 5.41) is 10.3. The Labute approximate surface area is 141 Å². The number of rotatable bonds is 4. The second kappa shape index (κ2) is 6.34. The van der Waals surface area contributed by atoms with Gasteiger partial charge in [-0.05, 0) is 38.0 Å². The lowest BCUT2D eigenvalue weighted by Gasteiger charge is -2.17. The number of aliphatic imine (C=N–C) groups is 1. The summed E-state index contributed by atoms with van der Waals surface area (Å²) in [5.41, 5.74) is 8.28. The third kappa shape index (κ3) is 3.39. The van der Waals surface area contributed by atoms with E-state index in [9.17, 15) is 5.26 Å². The molecule has 0 radical (unpaired) electrons. The van der Waals surface area contributed by atoms with Gasteiger partial charge in [0.15, 0.2) is 5.75 Å². The normalized spacial score (nSPS) is 14.8. The van der Waals surface area contributed by atoms with Crippen molar-refractivity contribution in [2.24, 2.45) is 10.7 Å². The van der Waals surface area contributed by atoms with E-state index in [1.54, 1.807) is 12.3 Å². The molecule has 5 nitrogen and oxygen atoms in total. The summed E-state index contributed by atoms with van der Waals surface area (Å²) in [4.78, 5) is 7.52. The van der Waals surface area contributed by atoms with Crippen molar-refractivity contribution in [1.82, 2.24) is 4.98 Å². The third-order valence-corrected chi connectivity index (χ3v) is 3.70. The summed E-state index contributed by atoms with van der Waals surface area (Å²) < 4.78 is 5.94. The average Bonchev–Trinajstić information content (AvgIpc) is 2.78. The Bertz CT molecular complexity index is 888. The number of aromatic nitrogens is 1. The van der Waals surface area contributed by atoms with Crippen molar-refractivity contribution in [3.05, 3.63) is 53.6 Å². The highest BCUT2D eigenvalue weighted by Crippen LogP contribution is 2.31. The number of fused-ring (bicyclic) bond motifs is 1. The number of hydrogen-bond acceptors (Lipinski definition) is 4.